The molecule has 1 heterocycles. The van der Waals surface area contributed by atoms with Crippen LogP contribution in [-0.4, -0.2) is 36.9 Å². The fourth-order valence-corrected chi connectivity index (χ4v) is 2.76. The molecule has 8 heteroatoms. The first-order valence-electron chi connectivity index (χ1n) is 6.56. The Bertz CT molecular complexity index is 336. The summed E-state index contributed by atoms with van der Waals surface area (Å²) in [6, 6.07) is 0. The molecule has 2 atom stereocenters. The summed E-state index contributed by atoms with van der Waals surface area (Å²) in [5, 5.41) is 7.60. The second-order valence-corrected chi connectivity index (χ2v) is 5.86. The number of hydrogen-bond donors (Lipinski definition) is 2. The number of unbranched alkanes of at least 4 members (excludes halogenated alkanes) is 3. The number of carbonyl (C=O) groups is 1. The van der Waals surface area contributed by atoms with Crippen molar-refractivity contribution < 1.29 is 28.0 Å². The predicted octanol–water partition coefficient (Wildman–Crippen LogP) is 2.32. The second-order valence-electron chi connectivity index (χ2n) is 4.24. The summed E-state index contributed by atoms with van der Waals surface area (Å²) in [6.07, 6.45) is 4.72. The summed E-state index contributed by atoms with van der Waals surface area (Å²) in [4.78, 5) is 9.25. The normalized spacial score (nSPS) is 24.8. The van der Waals surface area contributed by atoms with Crippen molar-refractivity contribution in [3.63, 3.8) is 0 Å². The van der Waals surface area contributed by atoms with E-state index in [4.69, 9.17) is 24.4 Å². The zero-order valence-electron chi connectivity index (χ0n) is 11.8. The van der Waals surface area contributed by atoms with Crippen LogP contribution in [0.3, 0.4) is 0 Å². The zero-order chi connectivity index (χ0) is 15.4. The standard InChI is InChI=1S/C9H20NO4P.C3H4O2/c1-9-8-13-15(11,14-9)12-7-5-3-2-4-6-10;1-2-3(4)5/h9H,2-8,10H2,1H3;2H,1H2,(H,4,5). The van der Waals surface area contributed by atoms with Gasteiger partial charge in [-0.2, -0.15) is 0 Å². The molecule has 1 aliphatic rings. The highest BCUT2D eigenvalue weighted by molar-refractivity contribution is 7.48. The van der Waals surface area contributed by atoms with Crippen molar-refractivity contribution in [1.82, 2.24) is 0 Å². The van der Waals surface area contributed by atoms with Crippen LogP contribution in [-0.2, 0) is 22.9 Å². The summed E-state index contributed by atoms with van der Waals surface area (Å²) in [5.74, 6) is -0.981. The molecular formula is C12H24NO6P. The lowest BCUT2D eigenvalue weighted by atomic mass is 10.2. The molecule has 0 aliphatic carbocycles. The molecule has 0 saturated carbocycles. The molecule has 0 spiro atoms. The lowest BCUT2D eigenvalue weighted by molar-refractivity contribution is -0.131. The van der Waals surface area contributed by atoms with Gasteiger partial charge >= 0.3 is 13.8 Å². The van der Waals surface area contributed by atoms with Crippen LogP contribution in [0.2, 0.25) is 0 Å². The SMILES string of the molecule is C=CC(=O)O.CC1COP(=O)(OCCCCCCN)O1. The van der Waals surface area contributed by atoms with Crippen LogP contribution in [0.4, 0.5) is 0 Å². The average Bonchev–Trinajstić information content (AvgIpc) is 2.74. The second kappa shape index (κ2) is 11.0. The molecule has 1 aliphatic heterocycles. The quantitative estimate of drug-likeness (QED) is 0.402. The minimum atomic E-state index is -3.21. The molecular weight excluding hydrogens is 285 g/mol. The Kier molecular flexibility index (Phi) is 10.6. The highest BCUT2D eigenvalue weighted by atomic mass is 31.2. The van der Waals surface area contributed by atoms with Crippen molar-refractivity contribution in [1.29, 1.82) is 0 Å². The van der Waals surface area contributed by atoms with Gasteiger partial charge in [-0.25, -0.2) is 9.36 Å². The zero-order valence-corrected chi connectivity index (χ0v) is 12.7. The van der Waals surface area contributed by atoms with E-state index in [-0.39, 0.29) is 6.10 Å². The topological polar surface area (TPSA) is 108 Å². The van der Waals surface area contributed by atoms with Crippen LogP contribution < -0.4 is 5.73 Å². The fraction of sp³-hybridized carbons (Fsp3) is 0.750. The molecule has 118 valence electrons. The van der Waals surface area contributed by atoms with E-state index in [0.717, 1.165) is 38.3 Å². The van der Waals surface area contributed by atoms with Gasteiger partial charge in [-0.3, -0.25) is 13.6 Å². The fourth-order valence-electron chi connectivity index (χ4n) is 1.32. The molecule has 0 aromatic rings. The van der Waals surface area contributed by atoms with Crippen molar-refractivity contribution in [2.24, 2.45) is 5.73 Å². The largest absolute Gasteiger partial charge is 0.478 e. The van der Waals surface area contributed by atoms with E-state index >= 15 is 0 Å². The Morgan fingerprint density at radius 1 is 1.50 bits per heavy atom. The van der Waals surface area contributed by atoms with Gasteiger partial charge in [0, 0.05) is 6.08 Å². The lowest BCUT2D eigenvalue weighted by Gasteiger charge is -2.09. The Labute approximate surface area is 119 Å². The first kappa shape index (κ1) is 19.3. The smallest absolute Gasteiger partial charge is 0.475 e. The van der Waals surface area contributed by atoms with Gasteiger partial charge in [0.25, 0.3) is 0 Å². The van der Waals surface area contributed by atoms with Crippen molar-refractivity contribution in [2.75, 3.05) is 19.8 Å². The number of hydrogen-bond acceptors (Lipinski definition) is 6. The minimum absolute atomic E-state index is 0.131. The summed E-state index contributed by atoms with van der Waals surface area (Å²) < 4.78 is 26.8. The number of carboxylic acids is 1. The summed E-state index contributed by atoms with van der Waals surface area (Å²) in [5.41, 5.74) is 5.36. The number of phosphoric ester groups is 1. The van der Waals surface area contributed by atoms with E-state index in [0.29, 0.717) is 13.2 Å². The number of rotatable bonds is 8. The van der Waals surface area contributed by atoms with Crippen LogP contribution >= 0.6 is 7.82 Å². The molecule has 7 nitrogen and oxygen atoms in total. The number of nitrogens with two attached hydrogens (primary N) is 1. The molecule has 2 unspecified atom stereocenters. The molecule has 0 radical (unpaired) electrons. The first-order chi connectivity index (χ1) is 9.43. The lowest BCUT2D eigenvalue weighted by Crippen LogP contribution is -2.00. The first-order valence-corrected chi connectivity index (χ1v) is 8.02. The van der Waals surface area contributed by atoms with E-state index in [1.54, 1.807) is 0 Å². The maximum absolute atomic E-state index is 11.6. The van der Waals surface area contributed by atoms with E-state index in [2.05, 4.69) is 6.58 Å². The van der Waals surface area contributed by atoms with Gasteiger partial charge in [0.05, 0.1) is 19.3 Å². The molecule has 0 aromatic heterocycles. The highest BCUT2D eigenvalue weighted by Crippen LogP contribution is 2.54. The van der Waals surface area contributed by atoms with E-state index in [9.17, 15) is 9.36 Å². The molecule has 0 bridgehead atoms. The maximum atomic E-state index is 11.6. The Morgan fingerprint density at radius 3 is 2.55 bits per heavy atom. The average molecular weight is 309 g/mol. The maximum Gasteiger partial charge on any atom is 0.475 e. The van der Waals surface area contributed by atoms with Crippen LogP contribution in [0.5, 0.6) is 0 Å². The third-order valence-electron chi connectivity index (χ3n) is 2.30. The van der Waals surface area contributed by atoms with Gasteiger partial charge in [0.1, 0.15) is 0 Å². The van der Waals surface area contributed by atoms with Crippen molar-refractivity contribution in [3.05, 3.63) is 12.7 Å². The third kappa shape index (κ3) is 10.1. The van der Waals surface area contributed by atoms with Crippen LogP contribution in [0.25, 0.3) is 0 Å². The number of aliphatic carboxylic acids is 1. The molecule has 20 heavy (non-hydrogen) atoms. The van der Waals surface area contributed by atoms with Gasteiger partial charge in [-0.1, -0.05) is 19.4 Å². The molecule has 0 amide bonds. The van der Waals surface area contributed by atoms with E-state index in [1.165, 1.54) is 0 Å². The molecule has 1 saturated heterocycles. The predicted molar refractivity (Wildman–Crippen MR) is 75.4 cm³/mol. The monoisotopic (exact) mass is 309 g/mol. The van der Waals surface area contributed by atoms with Gasteiger partial charge in [-0.05, 0) is 26.3 Å². The Morgan fingerprint density at radius 2 is 2.10 bits per heavy atom. The molecule has 0 aromatic carbocycles. The van der Waals surface area contributed by atoms with Gasteiger partial charge in [0.2, 0.25) is 0 Å². The number of carboxylic acid groups (broad SMARTS) is 1. The summed E-state index contributed by atoms with van der Waals surface area (Å²) in [6.45, 7) is 6.27. The van der Waals surface area contributed by atoms with Crippen molar-refractivity contribution >= 4 is 13.8 Å². The Hall–Kier alpha value is -0.720. The van der Waals surface area contributed by atoms with E-state index in [1.807, 2.05) is 6.92 Å². The third-order valence-corrected chi connectivity index (χ3v) is 3.88. The Balaban J connectivity index is 0.000000621. The van der Waals surface area contributed by atoms with Crippen LogP contribution in [0.15, 0.2) is 12.7 Å². The van der Waals surface area contributed by atoms with Crippen molar-refractivity contribution in [3.8, 4) is 0 Å². The minimum Gasteiger partial charge on any atom is -0.478 e. The summed E-state index contributed by atoms with van der Waals surface area (Å²) >= 11 is 0. The van der Waals surface area contributed by atoms with Gasteiger partial charge in [0.15, 0.2) is 0 Å². The van der Waals surface area contributed by atoms with Gasteiger partial charge in [-0.15, -0.1) is 0 Å². The van der Waals surface area contributed by atoms with Crippen LogP contribution in [0.1, 0.15) is 32.6 Å². The van der Waals surface area contributed by atoms with Crippen molar-refractivity contribution in [2.45, 2.75) is 38.7 Å². The number of phosphoric acid groups is 1. The van der Waals surface area contributed by atoms with Crippen LogP contribution in [0, 0.1) is 0 Å². The molecule has 1 rings (SSSR count). The molecule has 3 N–H and O–H groups in total. The van der Waals surface area contributed by atoms with E-state index < -0.39 is 13.8 Å². The summed E-state index contributed by atoms with van der Waals surface area (Å²) in [7, 11) is -3.21. The molecule has 1 fully saturated rings. The highest BCUT2D eigenvalue weighted by Gasteiger charge is 2.36. The van der Waals surface area contributed by atoms with Gasteiger partial charge < -0.3 is 10.8 Å².